The van der Waals surface area contributed by atoms with Crippen molar-refractivity contribution < 1.29 is 18.0 Å². The molecule has 0 radical (unpaired) electrons. The Bertz CT molecular complexity index is 902. The molecule has 30 heavy (non-hydrogen) atoms. The lowest BCUT2D eigenvalue weighted by Crippen LogP contribution is -2.36. The van der Waals surface area contributed by atoms with E-state index in [-0.39, 0.29) is 12.5 Å². The fraction of sp³-hybridized carbons (Fsp3) is 0.500. The number of carbonyl (C=O) groups excluding carboxylic acids is 1. The number of rotatable bonds is 6. The minimum Gasteiger partial charge on any atom is -0.342 e. The number of hydrogen-bond acceptors (Lipinski definition) is 5. The number of piperidine rings is 1. The maximum Gasteiger partial charge on any atom is 0.416 e. The van der Waals surface area contributed by atoms with Crippen LogP contribution in [0, 0.1) is 12.8 Å². The van der Waals surface area contributed by atoms with Crippen molar-refractivity contribution in [2.45, 2.75) is 32.5 Å². The molecule has 3 rings (SSSR count). The third-order valence-electron chi connectivity index (χ3n) is 5.11. The number of halogens is 3. The summed E-state index contributed by atoms with van der Waals surface area (Å²) < 4.78 is 39.5. The van der Waals surface area contributed by atoms with E-state index in [9.17, 15) is 18.0 Å². The van der Waals surface area contributed by atoms with E-state index in [1.54, 1.807) is 24.9 Å². The van der Waals surface area contributed by atoms with Crippen molar-refractivity contribution in [3.63, 3.8) is 0 Å². The van der Waals surface area contributed by atoms with E-state index < -0.39 is 11.7 Å². The number of alkyl halides is 3. The predicted molar refractivity (Wildman–Crippen MR) is 105 cm³/mol. The molecule has 0 atom stereocenters. The summed E-state index contributed by atoms with van der Waals surface area (Å²) in [6, 6.07) is 3.42. The number of aryl methyl sites for hydroxylation is 1. The molecule has 2 heterocycles. The zero-order valence-corrected chi connectivity index (χ0v) is 17.0. The summed E-state index contributed by atoms with van der Waals surface area (Å²) in [4.78, 5) is 15.4. The lowest BCUT2D eigenvalue weighted by Gasteiger charge is -2.27. The highest BCUT2D eigenvalue weighted by Crippen LogP contribution is 2.31. The Morgan fingerprint density at radius 1 is 1.33 bits per heavy atom. The maximum absolute atomic E-state index is 13.2. The lowest BCUT2D eigenvalue weighted by atomic mass is 9.97. The van der Waals surface area contributed by atoms with Crippen LogP contribution >= 0.6 is 0 Å². The van der Waals surface area contributed by atoms with Gasteiger partial charge in [0.15, 0.2) is 5.82 Å². The lowest BCUT2D eigenvalue weighted by molar-refractivity contribution is -0.137. The predicted octanol–water partition coefficient (Wildman–Crippen LogP) is 2.52. The number of tetrazole rings is 1. The van der Waals surface area contributed by atoms with Gasteiger partial charge in [-0.05, 0) is 73.3 Å². The van der Waals surface area contributed by atoms with Crippen molar-refractivity contribution in [2.24, 2.45) is 5.92 Å². The van der Waals surface area contributed by atoms with Gasteiger partial charge in [-0.1, -0.05) is 6.07 Å². The molecule has 1 fully saturated rings. The largest absolute Gasteiger partial charge is 0.416 e. The number of benzene rings is 1. The molecule has 7 nitrogen and oxygen atoms in total. The van der Waals surface area contributed by atoms with Crippen molar-refractivity contribution >= 4 is 12.0 Å². The number of nitrogens with zero attached hydrogens (tertiary/aromatic N) is 5. The van der Waals surface area contributed by atoms with E-state index in [0.29, 0.717) is 29.4 Å². The molecule has 1 saturated heterocycles. The Morgan fingerprint density at radius 3 is 2.70 bits per heavy atom. The Kier molecular flexibility index (Phi) is 6.86. The molecule has 1 amide bonds. The average Bonchev–Trinajstić information content (AvgIpc) is 3.11. The van der Waals surface area contributed by atoms with Gasteiger partial charge in [-0.2, -0.15) is 18.0 Å². The third kappa shape index (κ3) is 5.88. The van der Waals surface area contributed by atoms with Crippen LogP contribution in [-0.2, 0) is 17.5 Å². The van der Waals surface area contributed by atoms with E-state index in [2.05, 4.69) is 20.7 Å². The number of aromatic nitrogens is 4. The molecule has 1 aromatic carbocycles. The van der Waals surface area contributed by atoms with Crippen LogP contribution in [0.2, 0.25) is 0 Å². The minimum atomic E-state index is -4.46. The molecule has 10 heteroatoms. The highest BCUT2D eigenvalue weighted by atomic mass is 19.4. The van der Waals surface area contributed by atoms with Gasteiger partial charge in [0.05, 0.1) is 12.1 Å². The number of amides is 1. The summed E-state index contributed by atoms with van der Waals surface area (Å²) in [6.07, 6.45) is 0.519. The molecule has 0 bridgehead atoms. The molecule has 162 valence electrons. The average molecular weight is 422 g/mol. The van der Waals surface area contributed by atoms with Crippen molar-refractivity contribution in [1.82, 2.24) is 30.4 Å². The summed E-state index contributed by atoms with van der Waals surface area (Å²) in [5, 5.41) is 14.9. The number of likely N-dealkylation sites (N-methyl/N-ethyl adjacent to an activating group) is 1. The summed E-state index contributed by atoms with van der Waals surface area (Å²) in [6.45, 7) is 4.23. The van der Waals surface area contributed by atoms with Gasteiger partial charge in [0.2, 0.25) is 5.91 Å². The molecular formula is C20H25F3N6O. The molecule has 2 aromatic rings. The zero-order valence-electron chi connectivity index (χ0n) is 17.0. The van der Waals surface area contributed by atoms with Gasteiger partial charge in [0.1, 0.15) is 0 Å². The van der Waals surface area contributed by atoms with Gasteiger partial charge in [0, 0.05) is 19.7 Å². The second-order valence-electron chi connectivity index (χ2n) is 7.52. The first-order chi connectivity index (χ1) is 14.2. The first-order valence-corrected chi connectivity index (χ1v) is 9.81. The third-order valence-corrected chi connectivity index (χ3v) is 5.11. The van der Waals surface area contributed by atoms with E-state index in [0.717, 1.165) is 38.1 Å². The van der Waals surface area contributed by atoms with Crippen molar-refractivity contribution in [3.05, 3.63) is 46.8 Å². The first-order valence-electron chi connectivity index (χ1n) is 9.81. The molecule has 0 saturated carbocycles. The van der Waals surface area contributed by atoms with Crippen molar-refractivity contribution in [1.29, 1.82) is 0 Å². The van der Waals surface area contributed by atoms with Crippen LogP contribution in [0.1, 0.15) is 35.4 Å². The second-order valence-corrected chi connectivity index (χ2v) is 7.52. The van der Waals surface area contributed by atoms with Crippen LogP contribution in [0.4, 0.5) is 13.2 Å². The van der Waals surface area contributed by atoms with E-state index in [1.807, 2.05) is 0 Å². The van der Waals surface area contributed by atoms with Gasteiger partial charge in [0.25, 0.3) is 0 Å². The Hall–Kier alpha value is -2.75. The fourth-order valence-electron chi connectivity index (χ4n) is 3.45. The van der Waals surface area contributed by atoms with Crippen LogP contribution in [0.25, 0.3) is 6.08 Å². The van der Waals surface area contributed by atoms with Crippen LogP contribution in [0.3, 0.4) is 0 Å². The van der Waals surface area contributed by atoms with Crippen molar-refractivity contribution in [2.75, 3.05) is 26.7 Å². The minimum absolute atomic E-state index is 0.0174. The van der Waals surface area contributed by atoms with Crippen LogP contribution in [0.15, 0.2) is 24.3 Å². The molecule has 1 N–H and O–H groups in total. The summed E-state index contributed by atoms with van der Waals surface area (Å²) in [5.41, 5.74) is 0.0923. The van der Waals surface area contributed by atoms with E-state index in [1.165, 1.54) is 16.9 Å². The number of hydrogen-bond donors (Lipinski definition) is 1. The maximum atomic E-state index is 13.2. The Labute approximate surface area is 172 Å². The normalized spacial score (nSPS) is 15.6. The molecule has 1 aromatic heterocycles. The molecular weight excluding hydrogens is 397 g/mol. The number of nitrogens with one attached hydrogen (secondary N) is 1. The van der Waals surface area contributed by atoms with Gasteiger partial charge >= 0.3 is 6.18 Å². The summed E-state index contributed by atoms with van der Waals surface area (Å²) in [7, 11) is 1.74. The van der Waals surface area contributed by atoms with Crippen LogP contribution in [-0.4, -0.2) is 57.7 Å². The summed E-state index contributed by atoms with van der Waals surface area (Å²) in [5.74, 6) is 0.694. The quantitative estimate of drug-likeness (QED) is 0.724. The Balaban J connectivity index is 1.76. The molecule has 1 aliphatic rings. The monoisotopic (exact) mass is 422 g/mol. The van der Waals surface area contributed by atoms with E-state index in [4.69, 9.17) is 0 Å². The highest BCUT2D eigenvalue weighted by molar-refractivity contribution is 5.91. The van der Waals surface area contributed by atoms with Gasteiger partial charge < -0.3 is 10.2 Å². The SMILES string of the molecule is Cc1nnn(Cc2cc(C(F)(F)F)ccc2C=CC(=O)N(C)CC2CCNCC2)n1. The van der Waals surface area contributed by atoms with Crippen LogP contribution < -0.4 is 5.32 Å². The fourth-order valence-corrected chi connectivity index (χ4v) is 3.45. The zero-order chi connectivity index (χ0) is 21.7. The van der Waals surface area contributed by atoms with Crippen LogP contribution in [0.5, 0.6) is 0 Å². The van der Waals surface area contributed by atoms with Crippen molar-refractivity contribution in [3.8, 4) is 0 Å². The molecule has 0 spiro atoms. The standard InChI is InChI=1S/C20H25F3N6O/c1-14-25-27-29(26-14)13-17-11-18(20(21,22)23)5-3-16(17)4-6-19(30)28(2)12-15-7-9-24-10-8-15/h3-6,11,15,24H,7-10,12-13H2,1-2H3. The Morgan fingerprint density at radius 2 is 2.07 bits per heavy atom. The van der Waals surface area contributed by atoms with Gasteiger partial charge in [-0.3, -0.25) is 4.79 Å². The molecule has 0 unspecified atom stereocenters. The van der Waals surface area contributed by atoms with Gasteiger partial charge in [-0.15, -0.1) is 10.2 Å². The smallest absolute Gasteiger partial charge is 0.342 e. The summed E-state index contributed by atoms with van der Waals surface area (Å²) >= 11 is 0. The molecule has 0 aliphatic carbocycles. The second kappa shape index (κ2) is 9.38. The van der Waals surface area contributed by atoms with E-state index >= 15 is 0 Å². The number of carbonyl (C=O) groups is 1. The van der Waals surface area contributed by atoms with Gasteiger partial charge in [-0.25, -0.2) is 0 Å². The first kappa shape index (κ1) is 21.9. The highest BCUT2D eigenvalue weighted by Gasteiger charge is 2.31. The topological polar surface area (TPSA) is 75.9 Å². The molecule has 1 aliphatic heterocycles.